The van der Waals surface area contributed by atoms with Gasteiger partial charge in [-0.1, -0.05) is 11.6 Å². The van der Waals surface area contributed by atoms with Gasteiger partial charge in [0.05, 0.1) is 16.1 Å². The monoisotopic (exact) mass is 547 g/mol. The summed E-state index contributed by atoms with van der Waals surface area (Å²) >= 11 is 6.46. The summed E-state index contributed by atoms with van der Waals surface area (Å²) in [5.74, 6) is -4.15. The Hall–Kier alpha value is -3.99. The first-order chi connectivity index (χ1) is 17.1. The third-order valence-electron chi connectivity index (χ3n) is 5.17. The highest BCUT2D eigenvalue weighted by molar-refractivity contribution is 7.92. The van der Waals surface area contributed by atoms with Gasteiger partial charge in [-0.25, -0.2) is 27.2 Å². The Morgan fingerprint density at radius 1 is 1.14 bits per heavy atom. The minimum Gasteiger partial charge on any atom is -0.388 e. The van der Waals surface area contributed by atoms with Crippen LogP contribution in [0.25, 0.3) is 0 Å². The number of nitrogens with zero attached hydrogens (tertiary/aromatic N) is 2. The van der Waals surface area contributed by atoms with Crippen molar-refractivity contribution < 1.29 is 27.2 Å². The van der Waals surface area contributed by atoms with E-state index in [0.29, 0.717) is 10.6 Å². The lowest BCUT2D eigenvalue weighted by Gasteiger charge is -2.30. The molecule has 14 heteroatoms. The number of imide groups is 1. The van der Waals surface area contributed by atoms with E-state index in [-0.39, 0.29) is 25.4 Å². The zero-order chi connectivity index (χ0) is 26.2. The molecule has 1 atom stereocenters. The van der Waals surface area contributed by atoms with E-state index in [1.807, 2.05) is 6.07 Å². The van der Waals surface area contributed by atoms with E-state index in [2.05, 4.69) is 10.6 Å². The number of halogens is 2. The highest BCUT2D eigenvalue weighted by Gasteiger charge is 2.41. The molecule has 0 fully saturated rings. The number of sulfonamides is 1. The molecular formula is C22H15ClFN5O5S2. The maximum atomic E-state index is 15.0. The zero-order valence-corrected chi connectivity index (χ0v) is 20.6. The van der Waals surface area contributed by atoms with Gasteiger partial charge in [0.15, 0.2) is 5.92 Å². The predicted octanol–water partition coefficient (Wildman–Crippen LogP) is 3.89. The number of benzene rings is 2. The normalized spacial score (nSPS) is 15.2. The fourth-order valence-electron chi connectivity index (χ4n) is 3.52. The Balaban J connectivity index is 1.58. The average molecular weight is 548 g/mol. The van der Waals surface area contributed by atoms with Crippen molar-refractivity contribution >= 4 is 67.9 Å². The molecule has 1 unspecified atom stereocenters. The predicted molar refractivity (Wildman–Crippen MR) is 131 cm³/mol. The molecule has 36 heavy (non-hydrogen) atoms. The van der Waals surface area contributed by atoms with Crippen molar-refractivity contribution in [3.8, 4) is 6.07 Å². The molecular weight excluding hydrogens is 533 g/mol. The number of anilines is 3. The fraction of sp³-hybridized carbons (Fsp3) is 0.0909. The number of hydrogen-bond acceptors (Lipinski definition) is 8. The minimum atomic E-state index is -4.21. The second-order valence-electron chi connectivity index (χ2n) is 7.38. The van der Waals surface area contributed by atoms with E-state index in [9.17, 15) is 28.1 Å². The number of rotatable bonds is 5. The van der Waals surface area contributed by atoms with Gasteiger partial charge in [-0.05, 0) is 54.1 Å². The number of urea groups is 1. The van der Waals surface area contributed by atoms with Crippen molar-refractivity contribution in [1.29, 1.82) is 5.26 Å². The zero-order valence-electron chi connectivity index (χ0n) is 18.2. The molecule has 1 aliphatic rings. The standard InChI is InChI=1S/C22H15ClFN5O5S2/c1-26-11-2-4-13-14(8-11)15(10-25)21(31)29(20(13)30)17-5-3-12(9-16(17)24)27-22(32)28-36(33,34)19-7-6-18(23)35-19/h2-9,15,26H,1H3,(H2,27,28,32). The highest BCUT2D eigenvalue weighted by atomic mass is 35.5. The first-order valence-corrected chi connectivity index (χ1v) is 12.7. The SMILES string of the molecule is CNc1ccc2c(c1)C(C#N)C(=O)N(c1ccc(NC(=O)NS(=O)(=O)c3ccc(Cl)s3)cc1F)C2=O. The summed E-state index contributed by atoms with van der Waals surface area (Å²) in [4.78, 5) is 38.8. The van der Waals surface area contributed by atoms with E-state index < -0.39 is 45.3 Å². The van der Waals surface area contributed by atoms with Gasteiger partial charge in [-0.3, -0.25) is 9.59 Å². The van der Waals surface area contributed by atoms with Gasteiger partial charge in [0.1, 0.15) is 10.0 Å². The van der Waals surface area contributed by atoms with Crippen LogP contribution in [0.3, 0.4) is 0 Å². The number of carbonyl (C=O) groups is 3. The van der Waals surface area contributed by atoms with E-state index in [4.69, 9.17) is 11.6 Å². The van der Waals surface area contributed by atoms with Crippen molar-refractivity contribution in [3.63, 3.8) is 0 Å². The van der Waals surface area contributed by atoms with Crippen LogP contribution in [0, 0.1) is 17.1 Å². The van der Waals surface area contributed by atoms with Gasteiger partial charge in [0, 0.05) is 24.0 Å². The highest BCUT2D eigenvalue weighted by Crippen LogP contribution is 2.35. The first-order valence-electron chi connectivity index (χ1n) is 10.0. The Labute approximate surface area is 213 Å². The summed E-state index contributed by atoms with van der Waals surface area (Å²) < 4.78 is 41.3. The van der Waals surface area contributed by atoms with Gasteiger partial charge in [-0.15, -0.1) is 11.3 Å². The van der Waals surface area contributed by atoms with Gasteiger partial charge in [0.2, 0.25) is 0 Å². The summed E-state index contributed by atoms with van der Waals surface area (Å²) in [6.07, 6.45) is 0. The Bertz CT molecular complexity index is 1570. The molecule has 4 rings (SSSR count). The van der Waals surface area contributed by atoms with E-state index in [1.165, 1.54) is 30.3 Å². The van der Waals surface area contributed by atoms with Crippen LogP contribution in [-0.4, -0.2) is 33.3 Å². The molecule has 10 nitrogen and oxygen atoms in total. The topological polar surface area (TPSA) is 148 Å². The third kappa shape index (κ3) is 4.61. The van der Waals surface area contributed by atoms with E-state index in [1.54, 1.807) is 17.8 Å². The largest absolute Gasteiger partial charge is 0.388 e. The summed E-state index contributed by atoms with van der Waals surface area (Å²) in [7, 11) is -2.57. The summed E-state index contributed by atoms with van der Waals surface area (Å²) in [6, 6.07) is 10.8. The molecule has 184 valence electrons. The molecule has 0 spiro atoms. The van der Waals surface area contributed by atoms with Crippen LogP contribution in [0.5, 0.6) is 0 Å². The molecule has 3 N–H and O–H groups in total. The summed E-state index contributed by atoms with van der Waals surface area (Å²) in [5.41, 5.74) is 0.285. The van der Waals surface area contributed by atoms with Crippen LogP contribution < -0.4 is 20.3 Å². The average Bonchev–Trinajstić information content (AvgIpc) is 3.27. The Kier molecular flexibility index (Phi) is 6.68. The lowest BCUT2D eigenvalue weighted by molar-refractivity contribution is -0.118. The molecule has 3 aromatic rings. The number of nitrogens with one attached hydrogen (secondary N) is 3. The fourth-order valence-corrected chi connectivity index (χ4v) is 5.91. The molecule has 0 radical (unpaired) electrons. The van der Waals surface area contributed by atoms with E-state index >= 15 is 4.39 Å². The number of fused-ring (bicyclic) bond motifs is 1. The molecule has 4 amide bonds. The third-order valence-corrected chi connectivity index (χ3v) is 8.22. The van der Waals surface area contributed by atoms with Crippen LogP contribution >= 0.6 is 22.9 Å². The number of thiophene rings is 1. The first kappa shape index (κ1) is 25.1. The van der Waals surface area contributed by atoms with Crippen molar-refractivity contribution in [3.05, 3.63) is 69.8 Å². The molecule has 0 saturated carbocycles. The smallest absolute Gasteiger partial charge is 0.333 e. The maximum absolute atomic E-state index is 15.0. The van der Waals surface area contributed by atoms with Crippen molar-refractivity contribution in [2.24, 2.45) is 0 Å². The number of hydrogen-bond donors (Lipinski definition) is 3. The molecule has 2 heterocycles. The molecule has 0 bridgehead atoms. The Morgan fingerprint density at radius 2 is 1.86 bits per heavy atom. The molecule has 0 aliphatic carbocycles. The number of amides is 4. The van der Waals surface area contributed by atoms with E-state index in [0.717, 1.165) is 23.5 Å². The van der Waals surface area contributed by atoms with Crippen LogP contribution in [0.2, 0.25) is 4.34 Å². The molecule has 0 saturated heterocycles. The maximum Gasteiger partial charge on any atom is 0.333 e. The van der Waals surface area contributed by atoms with Crippen LogP contribution in [-0.2, 0) is 14.8 Å². The Morgan fingerprint density at radius 3 is 2.47 bits per heavy atom. The summed E-state index contributed by atoms with van der Waals surface area (Å²) in [6.45, 7) is 0. The minimum absolute atomic E-state index is 0.0695. The van der Waals surface area contributed by atoms with Crippen molar-refractivity contribution in [2.45, 2.75) is 10.1 Å². The molecule has 1 aromatic heterocycles. The van der Waals surface area contributed by atoms with Crippen molar-refractivity contribution in [2.75, 3.05) is 22.6 Å². The van der Waals surface area contributed by atoms with Gasteiger partial charge >= 0.3 is 6.03 Å². The van der Waals surface area contributed by atoms with Crippen LogP contribution in [0.1, 0.15) is 21.8 Å². The molecule has 2 aromatic carbocycles. The number of nitriles is 1. The number of carbonyl (C=O) groups excluding carboxylic acids is 3. The lowest BCUT2D eigenvalue weighted by Crippen LogP contribution is -2.45. The second-order valence-corrected chi connectivity index (χ2v) is 11.0. The van der Waals surface area contributed by atoms with Crippen LogP contribution in [0.15, 0.2) is 52.7 Å². The van der Waals surface area contributed by atoms with Gasteiger partial charge in [0.25, 0.3) is 21.8 Å². The lowest BCUT2D eigenvalue weighted by atomic mass is 9.88. The van der Waals surface area contributed by atoms with Crippen LogP contribution in [0.4, 0.5) is 26.2 Å². The van der Waals surface area contributed by atoms with Crippen molar-refractivity contribution in [1.82, 2.24) is 4.72 Å². The van der Waals surface area contributed by atoms with Gasteiger partial charge < -0.3 is 10.6 Å². The second kappa shape index (κ2) is 9.57. The quantitative estimate of drug-likeness (QED) is 0.410. The molecule has 1 aliphatic heterocycles. The summed E-state index contributed by atoms with van der Waals surface area (Å²) in [5, 5.41) is 14.6. The van der Waals surface area contributed by atoms with Gasteiger partial charge in [-0.2, -0.15) is 5.26 Å².